The Labute approximate surface area is 101 Å². The van der Waals surface area contributed by atoms with Crippen LogP contribution in [0.4, 0.5) is 0 Å². The molecule has 3 N–H and O–H groups in total. The molecule has 2 aliphatic rings. The highest BCUT2D eigenvalue weighted by molar-refractivity contribution is 7.91. The predicted molar refractivity (Wildman–Crippen MR) is 64.2 cm³/mol. The van der Waals surface area contributed by atoms with Crippen LogP contribution in [0.3, 0.4) is 0 Å². The molecule has 2 fully saturated rings. The molecular formula is C10H19N3O3S. The summed E-state index contributed by atoms with van der Waals surface area (Å²) in [4.78, 5) is 13.7. The topological polar surface area (TPSA) is 92.5 Å². The van der Waals surface area contributed by atoms with E-state index in [1.807, 2.05) is 4.90 Å². The minimum absolute atomic E-state index is 0.0816. The Morgan fingerprint density at radius 2 is 2.18 bits per heavy atom. The molecule has 0 spiro atoms. The average Bonchev–Trinajstić information content (AvgIpc) is 2.73. The fourth-order valence-corrected chi connectivity index (χ4v) is 4.06. The SMILES string of the molecule is N[C@H]1CCN(CC(=O)NC2CCS(=O)(=O)C2)C1. The smallest absolute Gasteiger partial charge is 0.234 e. The van der Waals surface area contributed by atoms with Crippen LogP contribution in [0.1, 0.15) is 12.8 Å². The first-order valence-corrected chi connectivity index (χ1v) is 7.74. The summed E-state index contributed by atoms with van der Waals surface area (Å²) in [5.41, 5.74) is 5.75. The molecule has 6 nitrogen and oxygen atoms in total. The van der Waals surface area contributed by atoms with Crippen LogP contribution >= 0.6 is 0 Å². The molecule has 7 heteroatoms. The van der Waals surface area contributed by atoms with Crippen LogP contribution in [0.25, 0.3) is 0 Å². The van der Waals surface area contributed by atoms with Crippen LogP contribution in [-0.4, -0.2) is 62.4 Å². The van der Waals surface area contributed by atoms with Gasteiger partial charge in [0, 0.05) is 25.2 Å². The number of carbonyl (C=O) groups excluding carboxylic acids is 1. The highest BCUT2D eigenvalue weighted by Crippen LogP contribution is 2.11. The molecule has 17 heavy (non-hydrogen) atoms. The van der Waals surface area contributed by atoms with Crippen LogP contribution in [0.5, 0.6) is 0 Å². The van der Waals surface area contributed by atoms with Crippen molar-refractivity contribution in [2.75, 3.05) is 31.1 Å². The first-order valence-electron chi connectivity index (χ1n) is 5.92. The van der Waals surface area contributed by atoms with E-state index in [1.54, 1.807) is 0 Å². The number of rotatable bonds is 3. The van der Waals surface area contributed by atoms with Crippen molar-refractivity contribution < 1.29 is 13.2 Å². The number of carbonyl (C=O) groups is 1. The van der Waals surface area contributed by atoms with Crippen LogP contribution < -0.4 is 11.1 Å². The van der Waals surface area contributed by atoms with Gasteiger partial charge in [-0.3, -0.25) is 9.69 Å². The van der Waals surface area contributed by atoms with Crippen molar-refractivity contribution in [2.24, 2.45) is 5.73 Å². The second-order valence-corrected chi connectivity index (χ2v) is 7.18. The molecule has 0 aromatic rings. The third-order valence-electron chi connectivity index (χ3n) is 3.27. The van der Waals surface area contributed by atoms with Crippen LogP contribution in [0, 0.1) is 0 Å². The number of nitrogens with one attached hydrogen (secondary N) is 1. The quantitative estimate of drug-likeness (QED) is 0.633. The number of likely N-dealkylation sites (tertiary alicyclic amines) is 1. The fourth-order valence-electron chi connectivity index (χ4n) is 2.39. The van der Waals surface area contributed by atoms with Gasteiger partial charge in [0.15, 0.2) is 9.84 Å². The first-order chi connectivity index (χ1) is 7.94. The fraction of sp³-hybridized carbons (Fsp3) is 0.900. The van der Waals surface area contributed by atoms with E-state index in [2.05, 4.69) is 5.32 Å². The van der Waals surface area contributed by atoms with Crippen molar-refractivity contribution in [1.29, 1.82) is 0 Å². The lowest BCUT2D eigenvalue weighted by atomic mass is 10.2. The zero-order chi connectivity index (χ0) is 12.5. The lowest BCUT2D eigenvalue weighted by Crippen LogP contribution is -2.42. The maximum absolute atomic E-state index is 11.7. The first kappa shape index (κ1) is 12.8. The average molecular weight is 261 g/mol. The molecule has 2 atom stereocenters. The molecule has 0 bridgehead atoms. The number of sulfone groups is 1. The zero-order valence-corrected chi connectivity index (χ0v) is 10.6. The molecule has 0 aliphatic carbocycles. The third-order valence-corrected chi connectivity index (χ3v) is 5.04. The van der Waals surface area contributed by atoms with Crippen molar-refractivity contribution in [3.63, 3.8) is 0 Å². The molecule has 2 saturated heterocycles. The molecule has 2 aliphatic heterocycles. The van der Waals surface area contributed by atoms with Gasteiger partial charge in [0.1, 0.15) is 0 Å². The lowest BCUT2D eigenvalue weighted by molar-refractivity contribution is -0.122. The van der Waals surface area contributed by atoms with Crippen molar-refractivity contribution in [2.45, 2.75) is 24.9 Å². The normalized spacial score (nSPS) is 32.8. The Hall–Kier alpha value is -0.660. The van der Waals surface area contributed by atoms with Gasteiger partial charge in [0.2, 0.25) is 5.91 Å². The Morgan fingerprint density at radius 3 is 2.71 bits per heavy atom. The largest absolute Gasteiger partial charge is 0.351 e. The summed E-state index contributed by atoms with van der Waals surface area (Å²) < 4.78 is 22.5. The van der Waals surface area contributed by atoms with Gasteiger partial charge in [-0.15, -0.1) is 0 Å². The Bertz CT molecular complexity index is 396. The van der Waals surface area contributed by atoms with Crippen molar-refractivity contribution in [3.05, 3.63) is 0 Å². The summed E-state index contributed by atoms with van der Waals surface area (Å²) >= 11 is 0. The van der Waals surface area contributed by atoms with Crippen molar-refractivity contribution in [3.8, 4) is 0 Å². The van der Waals surface area contributed by atoms with Gasteiger partial charge in [-0.1, -0.05) is 0 Å². The predicted octanol–water partition coefficient (Wildman–Crippen LogP) is -1.68. The minimum Gasteiger partial charge on any atom is -0.351 e. The molecule has 0 radical (unpaired) electrons. The molecule has 1 unspecified atom stereocenters. The van der Waals surface area contributed by atoms with Gasteiger partial charge in [-0.2, -0.15) is 0 Å². The minimum atomic E-state index is -2.93. The summed E-state index contributed by atoms with van der Waals surface area (Å²) in [5.74, 6) is 0.173. The van der Waals surface area contributed by atoms with Gasteiger partial charge < -0.3 is 11.1 Å². The number of nitrogens with zero attached hydrogens (tertiary/aromatic N) is 1. The third kappa shape index (κ3) is 3.65. The van der Waals surface area contributed by atoms with Gasteiger partial charge >= 0.3 is 0 Å². The van der Waals surface area contributed by atoms with Gasteiger partial charge in [-0.25, -0.2) is 8.42 Å². The molecule has 98 valence electrons. The van der Waals surface area contributed by atoms with Crippen LogP contribution in [-0.2, 0) is 14.6 Å². The maximum atomic E-state index is 11.7. The Morgan fingerprint density at radius 1 is 1.41 bits per heavy atom. The van der Waals surface area contributed by atoms with E-state index in [0.717, 1.165) is 19.5 Å². The monoisotopic (exact) mass is 261 g/mol. The summed E-state index contributed by atoms with van der Waals surface area (Å²) in [7, 11) is -2.93. The molecule has 0 aromatic carbocycles. The van der Waals surface area contributed by atoms with E-state index >= 15 is 0 Å². The van der Waals surface area contributed by atoms with E-state index in [0.29, 0.717) is 13.0 Å². The Balaban J connectivity index is 1.75. The van der Waals surface area contributed by atoms with E-state index in [-0.39, 0.29) is 29.5 Å². The number of nitrogens with two attached hydrogens (primary N) is 1. The number of hydrogen-bond donors (Lipinski definition) is 2. The molecule has 0 aromatic heterocycles. The second kappa shape index (κ2) is 4.91. The van der Waals surface area contributed by atoms with Gasteiger partial charge in [0.25, 0.3) is 0 Å². The summed E-state index contributed by atoms with van der Waals surface area (Å²) in [6.07, 6.45) is 1.46. The Kier molecular flexibility index (Phi) is 3.70. The van der Waals surface area contributed by atoms with E-state index in [4.69, 9.17) is 5.73 Å². The molecule has 1 amide bonds. The summed E-state index contributed by atoms with van der Waals surface area (Å²) in [6, 6.07) is -0.0431. The van der Waals surface area contributed by atoms with Crippen LogP contribution in [0.2, 0.25) is 0 Å². The van der Waals surface area contributed by atoms with Crippen LogP contribution in [0.15, 0.2) is 0 Å². The molecule has 2 heterocycles. The van der Waals surface area contributed by atoms with E-state index in [1.165, 1.54) is 0 Å². The highest BCUT2D eigenvalue weighted by atomic mass is 32.2. The highest BCUT2D eigenvalue weighted by Gasteiger charge is 2.29. The van der Waals surface area contributed by atoms with Crippen molar-refractivity contribution >= 4 is 15.7 Å². The second-order valence-electron chi connectivity index (χ2n) is 4.95. The van der Waals surface area contributed by atoms with Crippen molar-refractivity contribution in [1.82, 2.24) is 10.2 Å². The molecular weight excluding hydrogens is 242 g/mol. The standard InChI is InChI=1S/C10H19N3O3S/c11-8-1-3-13(5-8)6-10(14)12-9-2-4-17(15,16)7-9/h8-9H,1-7,11H2,(H,12,14)/t8-,9?/m0/s1. The number of amides is 1. The summed E-state index contributed by atoms with van der Waals surface area (Å²) in [5, 5.41) is 2.78. The van der Waals surface area contributed by atoms with E-state index < -0.39 is 9.84 Å². The lowest BCUT2D eigenvalue weighted by Gasteiger charge is -2.16. The maximum Gasteiger partial charge on any atom is 0.234 e. The van der Waals surface area contributed by atoms with Gasteiger partial charge in [0.05, 0.1) is 18.1 Å². The summed E-state index contributed by atoms with van der Waals surface area (Å²) in [6.45, 7) is 1.91. The zero-order valence-electron chi connectivity index (χ0n) is 9.76. The number of hydrogen-bond acceptors (Lipinski definition) is 5. The van der Waals surface area contributed by atoms with Gasteiger partial charge in [-0.05, 0) is 12.8 Å². The molecule has 2 rings (SSSR count). The van der Waals surface area contributed by atoms with E-state index in [9.17, 15) is 13.2 Å². The molecule has 0 saturated carbocycles.